The third-order valence-corrected chi connectivity index (χ3v) is 4.23. The normalized spacial score (nSPS) is 17.0. The molecule has 0 aromatic heterocycles. The molecule has 2 amide bonds. The van der Waals surface area contributed by atoms with E-state index in [0.717, 1.165) is 22.6 Å². The summed E-state index contributed by atoms with van der Waals surface area (Å²) < 4.78 is 0. The number of nitrogens with zero attached hydrogens (tertiary/aromatic N) is 1. The third kappa shape index (κ3) is 3.24. The van der Waals surface area contributed by atoms with Crippen LogP contribution in [0.4, 0.5) is 11.4 Å². The van der Waals surface area contributed by atoms with Crippen molar-refractivity contribution in [1.29, 1.82) is 0 Å². The maximum Gasteiger partial charge on any atom is 0.335 e. The number of imide groups is 1. The van der Waals surface area contributed by atoms with Gasteiger partial charge in [0.2, 0.25) is 5.91 Å². The summed E-state index contributed by atoms with van der Waals surface area (Å²) in [6.07, 6.45) is 0.844. The topological polar surface area (TPSA) is 86.7 Å². The molecule has 1 heterocycles. The first-order valence-electron chi connectivity index (χ1n) is 8.06. The van der Waals surface area contributed by atoms with Gasteiger partial charge in [-0.1, -0.05) is 31.2 Å². The predicted octanol–water partition coefficient (Wildman–Crippen LogP) is 2.69. The van der Waals surface area contributed by atoms with Crippen LogP contribution in [0.25, 0.3) is 0 Å². The zero-order valence-corrected chi connectivity index (χ0v) is 13.7. The summed E-state index contributed by atoms with van der Waals surface area (Å²) in [7, 11) is 0. The number of amides is 2. The first kappa shape index (κ1) is 16.7. The largest absolute Gasteiger partial charge is 0.478 e. The molecule has 2 aromatic rings. The molecule has 25 heavy (non-hydrogen) atoms. The predicted molar refractivity (Wildman–Crippen MR) is 93.7 cm³/mol. The molecule has 1 atom stereocenters. The lowest BCUT2D eigenvalue weighted by atomic mass is 10.1. The molecule has 0 unspecified atom stereocenters. The summed E-state index contributed by atoms with van der Waals surface area (Å²) in [5.74, 6) is -1.83. The number of nitrogens with one attached hydrogen (secondary N) is 1. The van der Waals surface area contributed by atoms with E-state index in [1.807, 2.05) is 31.2 Å². The second-order valence-electron chi connectivity index (χ2n) is 5.83. The molecular weight excluding hydrogens is 320 g/mol. The summed E-state index contributed by atoms with van der Waals surface area (Å²) in [5.41, 5.74) is 2.21. The molecule has 1 aliphatic rings. The van der Waals surface area contributed by atoms with Gasteiger partial charge in [-0.15, -0.1) is 0 Å². The molecule has 0 radical (unpaired) electrons. The number of anilines is 2. The highest BCUT2D eigenvalue weighted by molar-refractivity contribution is 6.23. The van der Waals surface area contributed by atoms with E-state index < -0.39 is 12.0 Å². The SMILES string of the molecule is CCc1ccccc1N[C@@H]1CC(=O)N(c2cccc(C(=O)O)c2)C1=O. The highest BCUT2D eigenvalue weighted by Crippen LogP contribution is 2.27. The van der Waals surface area contributed by atoms with E-state index >= 15 is 0 Å². The fourth-order valence-corrected chi connectivity index (χ4v) is 2.95. The molecule has 6 nitrogen and oxygen atoms in total. The number of carboxylic acid groups (broad SMARTS) is 1. The van der Waals surface area contributed by atoms with Gasteiger partial charge in [-0.2, -0.15) is 0 Å². The van der Waals surface area contributed by atoms with Crippen molar-refractivity contribution < 1.29 is 19.5 Å². The van der Waals surface area contributed by atoms with E-state index in [1.165, 1.54) is 18.2 Å². The number of carboxylic acids is 1. The van der Waals surface area contributed by atoms with Crippen molar-refractivity contribution in [2.75, 3.05) is 10.2 Å². The maximum absolute atomic E-state index is 12.7. The van der Waals surface area contributed by atoms with E-state index in [1.54, 1.807) is 6.07 Å². The lowest BCUT2D eigenvalue weighted by Crippen LogP contribution is -2.35. The van der Waals surface area contributed by atoms with Crippen molar-refractivity contribution in [3.8, 4) is 0 Å². The number of carbonyl (C=O) groups is 3. The van der Waals surface area contributed by atoms with E-state index in [-0.39, 0.29) is 29.5 Å². The second-order valence-corrected chi connectivity index (χ2v) is 5.83. The highest BCUT2D eigenvalue weighted by atomic mass is 16.4. The van der Waals surface area contributed by atoms with Gasteiger partial charge < -0.3 is 10.4 Å². The number of aryl methyl sites for hydroxylation is 1. The molecule has 0 bridgehead atoms. The van der Waals surface area contributed by atoms with Crippen LogP contribution in [0.5, 0.6) is 0 Å². The van der Waals surface area contributed by atoms with Crippen LogP contribution in [0.3, 0.4) is 0 Å². The van der Waals surface area contributed by atoms with E-state index in [9.17, 15) is 14.4 Å². The Morgan fingerprint density at radius 3 is 2.68 bits per heavy atom. The van der Waals surface area contributed by atoms with Gasteiger partial charge in [-0.3, -0.25) is 9.59 Å². The van der Waals surface area contributed by atoms with Crippen LogP contribution in [-0.4, -0.2) is 28.9 Å². The molecule has 3 rings (SSSR count). The van der Waals surface area contributed by atoms with Gasteiger partial charge in [0.05, 0.1) is 17.7 Å². The molecule has 1 fully saturated rings. The molecule has 1 aliphatic heterocycles. The van der Waals surface area contributed by atoms with Gasteiger partial charge in [0, 0.05) is 5.69 Å². The van der Waals surface area contributed by atoms with E-state index in [2.05, 4.69) is 5.32 Å². The van der Waals surface area contributed by atoms with E-state index in [4.69, 9.17) is 5.11 Å². The average molecular weight is 338 g/mol. The summed E-state index contributed by atoms with van der Waals surface area (Å²) in [4.78, 5) is 37.2. The zero-order valence-electron chi connectivity index (χ0n) is 13.7. The van der Waals surface area contributed by atoms with Gasteiger partial charge in [-0.05, 0) is 36.2 Å². The Balaban J connectivity index is 1.85. The summed E-state index contributed by atoms with van der Waals surface area (Å²) >= 11 is 0. The van der Waals surface area contributed by atoms with Crippen LogP contribution in [0.15, 0.2) is 48.5 Å². The minimum absolute atomic E-state index is 0.0332. The summed E-state index contributed by atoms with van der Waals surface area (Å²) in [6, 6.07) is 12.8. The first-order chi connectivity index (χ1) is 12.0. The molecule has 1 saturated heterocycles. The lowest BCUT2D eigenvalue weighted by molar-refractivity contribution is -0.121. The van der Waals surface area contributed by atoms with Crippen molar-refractivity contribution in [2.24, 2.45) is 0 Å². The molecule has 0 spiro atoms. The van der Waals surface area contributed by atoms with Crippen molar-refractivity contribution in [3.63, 3.8) is 0 Å². The zero-order chi connectivity index (χ0) is 18.0. The number of aromatic carboxylic acids is 1. The van der Waals surface area contributed by atoms with Gasteiger partial charge in [0.1, 0.15) is 6.04 Å². The molecule has 128 valence electrons. The Labute approximate surface area is 145 Å². The Kier molecular flexibility index (Phi) is 4.52. The Bertz CT molecular complexity index is 847. The van der Waals surface area contributed by atoms with Crippen molar-refractivity contribution >= 4 is 29.2 Å². The highest BCUT2D eigenvalue weighted by Gasteiger charge is 2.39. The van der Waals surface area contributed by atoms with Crippen LogP contribution >= 0.6 is 0 Å². The smallest absolute Gasteiger partial charge is 0.335 e. The fraction of sp³-hybridized carbons (Fsp3) is 0.211. The van der Waals surface area contributed by atoms with Crippen LogP contribution in [0.2, 0.25) is 0 Å². The number of rotatable bonds is 5. The van der Waals surface area contributed by atoms with Crippen molar-refractivity contribution in [3.05, 3.63) is 59.7 Å². The quantitative estimate of drug-likeness (QED) is 0.819. The van der Waals surface area contributed by atoms with Gasteiger partial charge in [-0.25, -0.2) is 9.69 Å². The van der Waals surface area contributed by atoms with Crippen molar-refractivity contribution in [2.45, 2.75) is 25.8 Å². The Morgan fingerprint density at radius 1 is 1.20 bits per heavy atom. The first-order valence-corrected chi connectivity index (χ1v) is 8.06. The molecule has 6 heteroatoms. The van der Waals surface area contributed by atoms with Crippen LogP contribution in [0, 0.1) is 0 Å². The molecular formula is C19H18N2O4. The van der Waals surface area contributed by atoms with Gasteiger partial charge >= 0.3 is 5.97 Å². The molecule has 2 aromatic carbocycles. The minimum Gasteiger partial charge on any atom is -0.478 e. The lowest BCUT2D eigenvalue weighted by Gasteiger charge is -2.17. The number of hydrogen-bond acceptors (Lipinski definition) is 4. The second kappa shape index (κ2) is 6.76. The maximum atomic E-state index is 12.7. The molecule has 0 saturated carbocycles. The van der Waals surface area contributed by atoms with Crippen LogP contribution in [0.1, 0.15) is 29.3 Å². The van der Waals surface area contributed by atoms with Crippen molar-refractivity contribution in [1.82, 2.24) is 0 Å². The minimum atomic E-state index is -1.10. The monoisotopic (exact) mass is 338 g/mol. The average Bonchev–Trinajstić information content (AvgIpc) is 2.89. The summed E-state index contributed by atoms with van der Waals surface area (Å²) in [6.45, 7) is 2.02. The van der Waals surface area contributed by atoms with Gasteiger partial charge in [0.25, 0.3) is 5.91 Å². The fourth-order valence-electron chi connectivity index (χ4n) is 2.95. The standard InChI is InChI=1S/C19H18N2O4/c1-2-12-6-3-4-9-15(12)20-16-11-17(22)21(18(16)23)14-8-5-7-13(10-14)19(24)25/h3-10,16,20H,2,11H2,1H3,(H,24,25)/t16-/m1/s1. The van der Waals surface area contributed by atoms with E-state index in [0.29, 0.717) is 0 Å². The number of hydrogen-bond donors (Lipinski definition) is 2. The number of carbonyl (C=O) groups excluding carboxylic acids is 2. The third-order valence-electron chi connectivity index (χ3n) is 4.23. The van der Waals surface area contributed by atoms with Crippen LogP contribution in [-0.2, 0) is 16.0 Å². The molecule has 0 aliphatic carbocycles. The van der Waals surface area contributed by atoms with Gasteiger partial charge in [0.15, 0.2) is 0 Å². The Hall–Kier alpha value is -3.15. The van der Waals surface area contributed by atoms with Crippen LogP contribution < -0.4 is 10.2 Å². The Morgan fingerprint density at radius 2 is 1.96 bits per heavy atom. The number of para-hydroxylation sites is 1. The number of benzene rings is 2. The molecule has 2 N–H and O–H groups in total. The summed E-state index contributed by atoms with van der Waals surface area (Å²) in [5, 5.41) is 12.2.